The number of ether oxygens (including phenoxy) is 1. The molecule has 1 fully saturated rings. The second-order valence-corrected chi connectivity index (χ2v) is 8.47. The van der Waals surface area contributed by atoms with E-state index in [0.29, 0.717) is 33.0 Å². The van der Waals surface area contributed by atoms with Crippen LogP contribution in [0, 0.1) is 12.7 Å². The third kappa shape index (κ3) is 4.08. The lowest BCUT2D eigenvalue weighted by atomic mass is 9.93. The highest BCUT2D eigenvalue weighted by molar-refractivity contribution is 7.20. The van der Waals surface area contributed by atoms with Gasteiger partial charge in [0.25, 0.3) is 5.91 Å². The molecule has 0 saturated heterocycles. The second-order valence-electron chi connectivity index (χ2n) is 7.47. The topological polar surface area (TPSA) is 102 Å². The highest BCUT2D eigenvalue weighted by Crippen LogP contribution is 2.37. The number of hydrogen-bond acceptors (Lipinski definition) is 7. The Balaban J connectivity index is 1.63. The molecule has 1 saturated carbocycles. The molecule has 0 bridgehead atoms. The van der Waals surface area contributed by atoms with Crippen molar-refractivity contribution in [3.8, 4) is 5.75 Å². The molecule has 7 nitrogen and oxygen atoms in total. The summed E-state index contributed by atoms with van der Waals surface area (Å²) in [7, 11) is 1.97. The fraction of sp³-hybridized carbons (Fsp3) is 0.381. The lowest BCUT2D eigenvalue weighted by molar-refractivity contribution is 0.100. The Hall–Kier alpha value is -2.78. The predicted molar refractivity (Wildman–Crippen MR) is 116 cm³/mol. The number of primary amides is 1. The van der Waals surface area contributed by atoms with E-state index in [1.54, 1.807) is 6.07 Å². The number of benzene rings is 1. The summed E-state index contributed by atoms with van der Waals surface area (Å²) in [6, 6.07) is 4.90. The third-order valence-corrected chi connectivity index (χ3v) is 6.74. The van der Waals surface area contributed by atoms with Crippen molar-refractivity contribution in [1.29, 1.82) is 0 Å². The van der Waals surface area contributed by atoms with Crippen LogP contribution in [0.5, 0.6) is 5.75 Å². The molecule has 3 aromatic rings. The van der Waals surface area contributed by atoms with Crippen molar-refractivity contribution in [3.05, 3.63) is 40.8 Å². The number of hydrogen-bond donors (Lipinski definition) is 3. The zero-order valence-electron chi connectivity index (χ0n) is 16.9. The number of aromatic nitrogens is 2. The van der Waals surface area contributed by atoms with E-state index in [4.69, 9.17) is 10.5 Å². The molecule has 30 heavy (non-hydrogen) atoms. The largest absolute Gasteiger partial charge is 0.488 e. The maximum atomic E-state index is 14.0. The van der Waals surface area contributed by atoms with Gasteiger partial charge in [-0.1, -0.05) is 0 Å². The number of carbonyl (C=O) groups is 1. The van der Waals surface area contributed by atoms with E-state index in [1.807, 2.05) is 14.0 Å². The first-order valence-corrected chi connectivity index (χ1v) is 10.7. The van der Waals surface area contributed by atoms with Crippen LogP contribution in [0.25, 0.3) is 10.2 Å². The van der Waals surface area contributed by atoms with Crippen molar-refractivity contribution in [2.24, 2.45) is 5.73 Å². The van der Waals surface area contributed by atoms with Gasteiger partial charge < -0.3 is 21.1 Å². The number of fused-ring (bicyclic) bond motifs is 1. The van der Waals surface area contributed by atoms with Crippen molar-refractivity contribution in [3.63, 3.8) is 0 Å². The van der Waals surface area contributed by atoms with Crippen LogP contribution in [0.15, 0.2) is 24.5 Å². The molecule has 0 aliphatic heterocycles. The first-order chi connectivity index (χ1) is 14.5. The number of rotatable bonds is 6. The van der Waals surface area contributed by atoms with Gasteiger partial charge in [-0.2, -0.15) is 0 Å². The Bertz CT molecular complexity index is 1080. The smallest absolute Gasteiger partial charge is 0.259 e. The molecule has 4 N–H and O–H groups in total. The number of aryl methyl sites for hydroxylation is 1. The van der Waals surface area contributed by atoms with Gasteiger partial charge in [0.1, 0.15) is 28.5 Å². The number of amides is 1. The van der Waals surface area contributed by atoms with E-state index in [-0.39, 0.29) is 11.9 Å². The number of nitrogens with zero attached hydrogens (tertiary/aromatic N) is 2. The Kier molecular flexibility index (Phi) is 5.83. The van der Waals surface area contributed by atoms with Gasteiger partial charge in [0.05, 0.1) is 22.1 Å². The van der Waals surface area contributed by atoms with E-state index in [9.17, 15) is 9.18 Å². The van der Waals surface area contributed by atoms with E-state index in [2.05, 4.69) is 20.6 Å². The molecule has 0 atom stereocenters. The number of carbonyl (C=O) groups excluding carboxylic acids is 1. The summed E-state index contributed by atoms with van der Waals surface area (Å²) in [6.07, 6.45) is 5.32. The molecule has 2 heterocycles. The maximum absolute atomic E-state index is 14.0. The molecule has 1 aromatic carbocycles. The first-order valence-electron chi connectivity index (χ1n) is 9.90. The van der Waals surface area contributed by atoms with Crippen molar-refractivity contribution >= 4 is 39.0 Å². The number of anilines is 2. The van der Waals surface area contributed by atoms with Crippen LogP contribution in [0.1, 0.15) is 40.9 Å². The fourth-order valence-corrected chi connectivity index (χ4v) is 4.88. The Morgan fingerprint density at radius 2 is 2.03 bits per heavy atom. The van der Waals surface area contributed by atoms with Crippen molar-refractivity contribution < 1.29 is 13.9 Å². The molecule has 1 amide bonds. The zero-order chi connectivity index (χ0) is 21.3. The van der Waals surface area contributed by atoms with Crippen molar-refractivity contribution in [2.75, 3.05) is 12.4 Å². The standard InChI is InChI=1S/C21H24FN5O2S/c1-11-17-20(25-10-26-21(17)30-18(11)19(23)28)27-15-8-3-12(22)9-16(15)29-14-6-4-13(24-2)5-7-14/h3,8-10,13-14,24H,4-7H2,1-2H3,(H2,23,28)(H,25,26,27). The van der Waals surface area contributed by atoms with Gasteiger partial charge in [-0.15, -0.1) is 11.3 Å². The van der Waals surface area contributed by atoms with Gasteiger partial charge >= 0.3 is 0 Å². The van der Waals surface area contributed by atoms with Crippen LogP contribution in [0.2, 0.25) is 0 Å². The molecule has 0 unspecified atom stereocenters. The summed E-state index contributed by atoms with van der Waals surface area (Å²) < 4.78 is 20.1. The van der Waals surface area contributed by atoms with E-state index in [0.717, 1.165) is 36.6 Å². The summed E-state index contributed by atoms with van der Waals surface area (Å²) in [5.41, 5.74) is 6.81. The SMILES string of the molecule is CNC1CCC(Oc2cc(F)ccc2Nc2ncnc3sc(C(N)=O)c(C)c23)CC1. The third-order valence-electron chi connectivity index (χ3n) is 5.52. The minimum absolute atomic E-state index is 0.0340. The van der Waals surface area contributed by atoms with Gasteiger partial charge in [-0.3, -0.25) is 4.79 Å². The second kappa shape index (κ2) is 8.53. The Morgan fingerprint density at radius 3 is 2.73 bits per heavy atom. The van der Waals surface area contributed by atoms with Crippen LogP contribution in [-0.2, 0) is 0 Å². The number of halogens is 1. The van der Waals surface area contributed by atoms with Crippen LogP contribution in [0.3, 0.4) is 0 Å². The first kappa shape index (κ1) is 20.5. The molecule has 1 aliphatic carbocycles. The molecular formula is C21H24FN5O2S. The lowest BCUT2D eigenvalue weighted by Crippen LogP contribution is -2.34. The van der Waals surface area contributed by atoms with E-state index >= 15 is 0 Å². The van der Waals surface area contributed by atoms with Crippen molar-refractivity contribution in [2.45, 2.75) is 44.8 Å². The molecule has 9 heteroatoms. The van der Waals surface area contributed by atoms with Gasteiger partial charge in [0.2, 0.25) is 0 Å². The predicted octanol–water partition coefficient (Wildman–Crippen LogP) is 3.89. The average Bonchev–Trinajstić information content (AvgIpc) is 3.08. The average molecular weight is 430 g/mol. The summed E-state index contributed by atoms with van der Waals surface area (Å²) >= 11 is 1.23. The molecule has 158 valence electrons. The minimum Gasteiger partial charge on any atom is -0.488 e. The molecule has 0 spiro atoms. The quantitative estimate of drug-likeness (QED) is 0.549. The fourth-order valence-electron chi connectivity index (χ4n) is 3.87. The molecule has 1 aliphatic rings. The normalized spacial score (nSPS) is 19.0. The van der Waals surface area contributed by atoms with E-state index in [1.165, 1.54) is 29.8 Å². The van der Waals surface area contributed by atoms with Crippen LogP contribution in [-0.4, -0.2) is 35.1 Å². The monoisotopic (exact) mass is 429 g/mol. The van der Waals surface area contributed by atoms with Crippen LogP contribution < -0.4 is 21.1 Å². The van der Waals surface area contributed by atoms with E-state index < -0.39 is 5.91 Å². The molecule has 4 rings (SSSR count). The molecule has 0 radical (unpaired) electrons. The zero-order valence-corrected chi connectivity index (χ0v) is 17.7. The van der Waals surface area contributed by atoms with Gasteiger partial charge in [0, 0.05) is 12.1 Å². The number of thiophene rings is 1. The Labute approximate surface area is 177 Å². The number of nitrogens with two attached hydrogens (primary N) is 1. The highest BCUT2D eigenvalue weighted by atomic mass is 32.1. The summed E-state index contributed by atoms with van der Waals surface area (Å²) in [5.74, 6) is 0.105. The van der Waals surface area contributed by atoms with Gasteiger partial charge in [0.15, 0.2) is 0 Å². The summed E-state index contributed by atoms with van der Waals surface area (Å²) in [6.45, 7) is 1.82. The van der Waals surface area contributed by atoms with Gasteiger partial charge in [-0.05, 0) is 57.4 Å². The summed E-state index contributed by atoms with van der Waals surface area (Å²) in [5, 5.41) is 7.27. The number of nitrogens with one attached hydrogen (secondary N) is 2. The van der Waals surface area contributed by atoms with Crippen LogP contribution >= 0.6 is 11.3 Å². The summed E-state index contributed by atoms with van der Waals surface area (Å²) in [4.78, 5) is 21.4. The maximum Gasteiger partial charge on any atom is 0.259 e. The molecule has 2 aromatic heterocycles. The minimum atomic E-state index is -0.496. The van der Waals surface area contributed by atoms with Gasteiger partial charge in [-0.25, -0.2) is 14.4 Å². The molecular weight excluding hydrogens is 405 g/mol. The van der Waals surface area contributed by atoms with Crippen molar-refractivity contribution in [1.82, 2.24) is 15.3 Å². The Morgan fingerprint density at radius 1 is 1.27 bits per heavy atom. The lowest BCUT2D eigenvalue weighted by Gasteiger charge is -2.29. The van der Waals surface area contributed by atoms with Crippen LogP contribution in [0.4, 0.5) is 15.9 Å². The highest BCUT2D eigenvalue weighted by Gasteiger charge is 2.23.